The number of rotatable bonds is 5. The molecule has 7 heteroatoms. The molecule has 1 aromatic rings. The maximum atomic E-state index is 11.5. The average molecular weight is 270 g/mol. The zero-order valence-electron chi connectivity index (χ0n) is 10.4. The van der Waals surface area contributed by atoms with Crippen LogP contribution < -0.4 is 0 Å². The number of sulfone groups is 1. The summed E-state index contributed by atoms with van der Waals surface area (Å²) in [6, 6.07) is 1.87. The van der Waals surface area contributed by atoms with E-state index in [0.29, 0.717) is 11.1 Å². The van der Waals surface area contributed by atoms with E-state index in [1.54, 1.807) is 6.92 Å². The van der Waals surface area contributed by atoms with Gasteiger partial charge < -0.3 is 9.47 Å². The van der Waals surface area contributed by atoms with E-state index in [1.807, 2.05) is 6.07 Å². The third-order valence-electron chi connectivity index (χ3n) is 2.33. The molecular formula is C11H14N2O4S. The fourth-order valence-electron chi connectivity index (χ4n) is 1.41. The molecule has 18 heavy (non-hydrogen) atoms. The Hall–Kier alpha value is -1.49. The number of hydrogen-bond acceptors (Lipinski definition) is 6. The van der Waals surface area contributed by atoms with Gasteiger partial charge in [-0.25, -0.2) is 13.4 Å². The van der Waals surface area contributed by atoms with E-state index in [9.17, 15) is 8.42 Å². The lowest BCUT2D eigenvalue weighted by Gasteiger charge is -2.10. The molecule has 98 valence electrons. The van der Waals surface area contributed by atoms with Crippen LogP contribution in [0.5, 0.6) is 0 Å². The van der Waals surface area contributed by atoms with Crippen molar-refractivity contribution in [1.29, 1.82) is 5.26 Å². The van der Waals surface area contributed by atoms with Crippen LogP contribution in [-0.2, 0) is 25.9 Å². The van der Waals surface area contributed by atoms with Gasteiger partial charge in [0.1, 0.15) is 12.9 Å². The second-order valence-electron chi connectivity index (χ2n) is 3.73. The fraction of sp³-hybridized carbons (Fsp3) is 0.455. The number of nitrogens with zero attached hydrogens (tertiary/aromatic N) is 2. The summed E-state index contributed by atoms with van der Waals surface area (Å²) in [4.78, 5) is 3.83. The summed E-state index contributed by atoms with van der Waals surface area (Å²) in [5, 5.41) is 8.84. The first kappa shape index (κ1) is 14.6. The quantitative estimate of drug-likeness (QED) is 0.580. The smallest absolute Gasteiger partial charge is 0.194 e. The molecule has 0 N–H and O–H groups in total. The summed E-state index contributed by atoms with van der Waals surface area (Å²) in [5.74, 6) is 0. The molecule has 0 saturated carbocycles. The number of pyridine rings is 1. The van der Waals surface area contributed by atoms with Gasteiger partial charge in [0.2, 0.25) is 0 Å². The van der Waals surface area contributed by atoms with Crippen molar-refractivity contribution >= 4 is 9.84 Å². The van der Waals surface area contributed by atoms with Gasteiger partial charge >= 0.3 is 0 Å². The molecule has 1 heterocycles. The molecule has 0 fully saturated rings. The van der Waals surface area contributed by atoms with Gasteiger partial charge in [-0.3, -0.25) is 0 Å². The van der Waals surface area contributed by atoms with E-state index >= 15 is 0 Å². The zero-order valence-corrected chi connectivity index (χ0v) is 11.2. The highest BCUT2D eigenvalue weighted by Crippen LogP contribution is 2.20. The highest BCUT2D eigenvalue weighted by atomic mass is 32.2. The van der Waals surface area contributed by atoms with E-state index in [1.165, 1.54) is 13.3 Å². The normalized spacial score (nSPS) is 11.2. The Kier molecular flexibility index (Phi) is 4.78. The van der Waals surface area contributed by atoms with Crippen LogP contribution in [0.1, 0.15) is 16.7 Å². The Bertz CT molecular complexity index is 575. The van der Waals surface area contributed by atoms with Crippen molar-refractivity contribution in [3.63, 3.8) is 0 Å². The number of aromatic nitrogens is 1. The maximum Gasteiger partial charge on any atom is 0.194 e. The number of hydrogen-bond donors (Lipinski definition) is 0. The van der Waals surface area contributed by atoms with Gasteiger partial charge in [0.25, 0.3) is 0 Å². The molecule has 0 saturated heterocycles. The number of nitriles is 1. The molecule has 1 rings (SSSR count). The third-order valence-corrected chi connectivity index (χ3v) is 3.34. The van der Waals surface area contributed by atoms with Crippen LogP contribution in [0.4, 0.5) is 0 Å². The van der Waals surface area contributed by atoms with Gasteiger partial charge in [-0.15, -0.1) is 0 Å². The van der Waals surface area contributed by atoms with Crippen molar-refractivity contribution in [1.82, 2.24) is 4.98 Å². The molecule has 0 aliphatic rings. The monoisotopic (exact) mass is 270 g/mol. The van der Waals surface area contributed by atoms with Crippen LogP contribution in [0, 0.1) is 18.3 Å². The van der Waals surface area contributed by atoms with Crippen LogP contribution in [0.25, 0.3) is 0 Å². The van der Waals surface area contributed by atoms with Crippen molar-refractivity contribution in [3.8, 4) is 6.07 Å². The minimum Gasteiger partial charge on any atom is -0.359 e. The molecule has 0 bridgehead atoms. The van der Waals surface area contributed by atoms with E-state index in [4.69, 9.17) is 14.7 Å². The van der Waals surface area contributed by atoms with Gasteiger partial charge in [0, 0.05) is 25.1 Å². The van der Waals surface area contributed by atoms with Crippen LogP contribution in [-0.4, -0.2) is 33.6 Å². The summed E-state index contributed by atoms with van der Waals surface area (Å²) >= 11 is 0. The lowest BCUT2D eigenvalue weighted by Crippen LogP contribution is -2.08. The molecule has 0 atom stereocenters. The number of ether oxygens (including phenoxy) is 2. The van der Waals surface area contributed by atoms with Crippen LogP contribution in [0.3, 0.4) is 0 Å². The van der Waals surface area contributed by atoms with Gasteiger partial charge in [-0.2, -0.15) is 5.26 Å². The molecule has 0 aliphatic carbocycles. The van der Waals surface area contributed by atoms with E-state index in [-0.39, 0.29) is 24.0 Å². The van der Waals surface area contributed by atoms with Crippen molar-refractivity contribution in [2.75, 3.05) is 20.2 Å². The van der Waals surface area contributed by atoms with E-state index in [2.05, 4.69) is 4.98 Å². The Morgan fingerprint density at radius 2 is 2.17 bits per heavy atom. The predicted octanol–water partition coefficient (Wildman–Crippen LogP) is 0.786. The molecule has 0 radical (unpaired) electrons. The highest BCUT2D eigenvalue weighted by molar-refractivity contribution is 7.90. The van der Waals surface area contributed by atoms with E-state index in [0.717, 1.165) is 6.26 Å². The molecule has 0 aliphatic heterocycles. The summed E-state index contributed by atoms with van der Waals surface area (Å²) in [6.07, 6.45) is 2.43. The lowest BCUT2D eigenvalue weighted by molar-refractivity contribution is -0.0393. The van der Waals surface area contributed by atoms with Gasteiger partial charge in [0.15, 0.2) is 14.9 Å². The first-order valence-electron chi connectivity index (χ1n) is 5.07. The largest absolute Gasteiger partial charge is 0.359 e. The predicted molar refractivity (Wildman–Crippen MR) is 63.5 cm³/mol. The lowest BCUT2D eigenvalue weighted by atomic mass is 10.1. The van der Waals surface area contributed by atoms with Crippen LogP contribution in [0.15, 0.2) is 11.2 Å². The summed E-state index contributed by atoms with van der Waals surface area (Å²) in [7, 11) is -2.01. The average Bonchev–Trinajstić information content (AvgIpc) is 2.29. The molecule has 1 aromatic heterocycles. The second-order valence-corrected chi connectivity index (χ2v) is 5.66. The first-order valence-corrected chi connectivity index (χ1v) is 6.96. The molecule has 0 unspecified atom stereocenters. The molecular weight excluding hydrogens is 256 g/mol. The standard InChI is InChI=1S/C11H14N2O4S/c1-8-9(6-17-7-16-2)5-13-11(10(8)4-12)18(3,14)15/h5H,6-7H2,1-3H3. The summed E-state index contributed by atoms with van der Waals surface area (Å²) in [5.41, 5.74) is 1.29. The topological polar surface area (TPSA) is 89.3 Å². The molecule has 0 amide bonds. The second kappa shape index (κ2) is 5.91. The number of methoxy groups -OCH3 is 1. The van der Waals surface area contributed by atoms with Gasteiger partial charge in [0.05, 0.1) is 12.2 Å². The third kappa shape index (κ3) is 3.26. The Labute approximate surface area is 106 Å². The first-order chi connectivity index (χ1) is 8.41. The minimum absolute atomic E-state index is 0.0658. The Morgan fingerprint density at radius 3 is 2.67 bits per heavy atom. The Balaban J connectivity index is 3.18. The van der Waals surface area contributed by atoms with Crippen molar-refractivity contribution in [2.45, 2.75) is 18.6 Å². The van der Waals surface area contributed by atoms with Crippen molar-refractivity contribution in [3.05, 3.63) is 22.9 Å². The zero-order chi connectivity index (χ0) is 13.8. The fourth-order valence-corrected chi connectivity index (χ4v) is 2.23. The summed E-state index contributed by atoms with van der Waals surface area (Å²) < 4.78 is 32.8. The summed E-state index contributed by atoms with van der Waals surface area (Å²) in [6.45, 7) is 2.00. The molecule has 0 aromatic carbocycles. The van der Waals surface area contributed by atoms with Crippen molar-refractivity contribution < 1.29 is 17.9 Å². The van der Waals surface area contributed by atoms with Crippen LogP contribution >= 0.6 is 0 Å². The highest BCUT2D eigenvalue weighted by Gasteiger charge is 2.19. The maximum absolute atomic E-state index is 11.5. The van der Waals surface area contributed by atoms with Gasteiger partial charge in [-0.1, -0.05) is 0 Å². The SMILES string of the molecule is COCOCc1cnc(S(C)(=O)=O)c(C#N)c1C. The van der Waals surface area contributed by atoms with Gasteiger partial charge in [-0.05, 0) is 12.5 Å². The Morgan fingerprint density at radius 1 is 1.50 bits per heavy atom. The van der Waals surface area contributed by atoms with E-state index < -0.39 is 9.84 Å². The molecule has 6 nitrogen and oxygen atoms in total. The van der Waals surface area contributed by atoms with Crippen molar-refractivity contribution in [2.24, 2.45) is 0 Å². The van der Waals surface area contributed by atoms with Crippen LogP contribution in [0.2, 0.25) is 0 Å². The molecule has 0 spiro atoms. The minimum atomic E-state index is -3.51.